The first-order chi connectivity index (χ1) is 16.6. The fraction of sp³-hybridized carbons (Fsp3) is 0.345. The van der Waals surface area contributed by atoms with Crippen molar-refractivity contribution in [2.75, 3.05) is 10.6 Å². The van der Waals surface area contributed by atoms with E-state index < -0.39 is 10.0 Å². The maximum Gasteiger partial charge on any atom is 0.251 e. The molecule has 1 N–H and O–H groups in total. The van der Waals surface area contributed by atoms with Crippen LogP contribution in [0.3, 0.4) is 0 Å². The van der Waals surface area contributed by atoms with Gasteiger partial charge in [0.1, 0.15) is 0 Å². The van der Waals surface area contributed by atoms with Crippen LogP contribution in [0.15, 0.2) is 60.7 Å². The third-order valence-corrected chi connectivity index (χ3v) is 7.92. The van der Waals surface area contributed by atoms with Crippen LogP contribution in [-0.4, -0.2) is 20.6 Å². The summed E-state index contributed by atoms with van der Waals surface area (Å²) in [5.41, 5.74) is 7.89. The summed E-state index contributed by atoms with van der Waals surface area (Å²) in [6.07, 6.45) is 5.95. The molecule has 1 amide bonds. The lowest BCUT2D eigenvalue weighted by molar-refractivity contribution is 0.0940. The Morgan fingerprint density at radius 2 is 1.63 bits per heavy atom. The number of fused-ring (bicyclic) bond motifs is 1. The normalized spacial score (nSPS) is 14.2. The molecule has 0 saturated heterocycles. The number of carbonyl (C=O) groups excluding carboxylic acids is 1. The van der Waals surface area contributed by atoms with Gasteiger partial charge in [0.05, 0.1) is 24.5 Å². The van der Waals surface area contributed by atoms with Crippen LogP contribution in [0.4, 0.5) is 5.69 Å². The summed E-state index contributed by atoms with van der Waals surface area (Å²) in [6, 6.07) is 19.4. The van der Waals surface area contributed by atoms with Crippen molar-refractivity contribution in [3.8, 4) is 0 Å². The molecule has 6 heteroatoms. The standard InChI is InChI=1S/C29H34N2O3S/c1-20-9-10-21(2)28(17-20)31(35(4,33)34)19-23-11-13-25(14-12-23)29(32)30-22(3)26-16-15-24-7-5-6-8-27(24)18-26/h9-18,22H,5-8,19H2,1-4H3,(H,30,32)/t22-/m0/s1. The van der Waals surface area contributed by atoms with E-state index in [0.29, 0.717) is 11.3 Å². The number of benzene rings is 3. The van der Waals surface area contributed by atoms with Gasteiger partial charge in [0.2, 0.25) is 10.0 Å². The van der Waals surface area contributed by atoms with Crippen molar-refractivity contribution in [3.63, 3.8) is 0 Å². The van der Waals surface area contributed by atoms with E-state index in [-0.39, 0.29) is 18.5 Å². The first-order valence-corrected chi connectivity index (χ1v) is 14.0. The summed E-state index contributed by atoms with van der Waals surface area (Å²) < 4.78 is 26.6. The van der Waals surface area contributed by atoms with Crippen molar-refractivity contribution in [1.82, 2.24) is 5.32 Å². The Hall–Kier alpha value is -3.12. The quantitative estimate of drug-likeness (QED) is 0.466. The first kappa shape index (κ1) is 25.0. The molecule has 3 aromatic carbocycles. The van der Waals surface area contributed by atoms with E-state index in [0.717, 1.165) is 35.1 Å². The number of carbonyl (C=O) groups is 1. The second-order valence-corrected chi connectivity index (χ2v) is 11.6. The first-order valence-electron chi connectivity index (χ1n) is 12.2. The monoisotopic (exact) mass is 490 g/mol. The second kappa shape index (κ2) is 10.2. The molecular weight excluding hydrogens is 456 g/mol. The highest BCUT2D eigenvalue weighted by Crippen LogP contribution is 2.27. The van der Waals surface area contributed by atoms with Crippen LogP contribution < -0.4 is 9.62 Å². The summed E-state index contributed by atoms with van der Waals surface area (Å²) in [4.78, 5) is 12.9. The Morgan fingerprint density at radius 3 is 2.31 bits per heavy atom. The van der Waals surface area contributed by atoms with Crippen LogP contribution in [0.25, 0.3) is 0 Å². The number of rotatable bonds is 7. The highest BCUT2D eigenvalue weighted by molar-refractivity contribution is 7.92. The van der Waals surface area contributed by atoms with E-state index >= 15 is 0 Å². The van der Waals surface area contributed by atoms with Crippen LogP contribution in [0.5, 0.6) is 0 Å². The van der Waals surface area contributed by atoms with Crippen molar-refractivity contribution >= 4 is 21.6 Å². The Labute approximate surface area is 209 Å². The van der Waals surface area contributed by atoms with Crippen molar-refractivity contribution in [3.05, 3.63) is 99.6 Å². The SMILES string of the molecule is Cc1ccc(C)c(N(Cc2ccc(C(=O)N[C@@H](C)c3ccc4c(c3)CCCC4)cc2)S(C)(=O)=O)c1. The number of hydrogen-bond donors (Lipinski definition) is 1. The molecule has 0 aromatic heterocycles. The molecule has 0 aliphatic heterocycles. The molecule has 0 radical (unpaired) electrons. The van der Waals surface area contributed by atoms with E-state index in [1.165, 1.54) is 34.5 Å². The van der Waals surface area contributed by atoms with Gasteiger partial charge in [0, 0.05) is 5.56 Å². The Bertz CT molecular complexity index is 1330. The van der Waals surface area contributed by atoms with Gasteiger partial charge in [-0.15, -0.1) is 0 Å². The largest absolute Gasteiger partial charge is 0.346 e. The molecule has 0 saturated carbocycles. The van der Waals surface area contributed by atoms with Gasteiger partial charge in [0.15, 0.2) is 0 Å². The molecule has 0 spiro atoms. The topological polar surface area (TPSA) is 66.5 Å². The minimum atomic E-state index is -3.48. The van der Waals surface area contributed by atoms with Crippen LogP contribution in [0.1, 0.15) is 69.5 Å². The minimum Gasteiger partial charge on any atom is -0.346 e. The van der Waals surface area contributed by atoms with E-state index in [1.807, 2.05) is 51.1 Å². The summed E-state index contributed by atoms with van der Waals surface area (Å²) in [6.45, 7) is 6.06. The summed E-state index contributed by atoms with van der Waals surface area (Å²) >= 11 is 0. The van der Waals surface area contributed by atoms with E-state index in [4.69, 9.17) is 0 Å². The Kier molecular flexibility index (Phi) is 7.31. The lowest BCUT2D eigenvalue weighted by Crippen LogP contribution is -2.30. The minimum absolute atomic E-state index is 0.0978. The fourth-order valence-electron chi connectivity index (χ4n) is 4.68. The molecular formula is C29H34N2O3S. The van der Waals surface area contributed by atoms with Gasteiger partial charge in [0.25, 0.3) is 5.91 Å². The zero-order chi connectivity index (χ0) is 25.2. The van der Waals surface area contributed by atoms with Gasteiger partial charge in [-0.05, 0) is 98.0 Å². The Balaban J connectivity index is 1.47. The third-order valence-electron chi connectivity index (χ3n) is 6.80. The number of sulfonamides is 1. The number of amides is 1. The van der Waals surface area contributed by atoms with Gasteiger partial charge >= 0.3 is 0 Å². The summed E-state index contributed by atoms with van der Waals surface area (Å²) in [5.74, 6) is -0.142. The molecule has 35 heavy (non-hydrogen) atoms. The van der Waals surface area contributed by atoms with Crippen LogP contribution in [-0.2, 0) is 29.4 Å². The molecule has 0 bridgehead atoms. The predicted molar refractivity (Wildman–Crippen MR) is 142 cm³/mol. The Morgan fingerprint density at radius 1 is 0.943 bits per heavy atom. The highest BCUT2D eigenvalue weighted by atomic mass is 32.2. The number of nitrogens with zero attached hydrogens (tertiary/aromatic N) is 1. The van der Waals surface area contributed by atoms with Gasteiger partial charge in [-0.1, -0.05) is 42.5 Å². The van der Waals surface area contributed by atoms with Gasteiger partial charge in [-0.3, -0.25) is 9.10 Å². The third kappa shape index (κ3) is 5.93. The molecule has 3 aromatic rings. The van der Waals surface area contributed by atoms with Gasteiger partial charge in [-0.2, -0.15) is 0 Å². The molecule has 5 nitrogen and oxygen atoms in total. The zero-order valence-electron chi connectivity index (χ0n) is 21.0. The second-order valence-electron chi connectivity index (χ2n) is 9.69. The van der Waals surface area contributed by atoms with Gasteiger partial charge < -0.3 is 5.32 Å². The molecule has 184 valence electrons. The number of anilines is 1. The lowest BCUT2D eigenvalue weighted by Gasteiger charge is -2.25. The van der Waals surface area contributed by atoms with Crippen molar-refractivity contribution in [2.45, 2.75) is 59.0 Å². The molecule has 4 rings (SSSR count). The van der Waals surface area contributed by atoms with Crippen LogP contribution >= 0.6 is 0 Å². The molecule has 1 atom stereocenters. The van der Waals surface area contributed by atoms with Crippen molar-refractivity contribution in [1.29, 1.82) is 0 Å². The van der Waals surface area contributed by atoms with Gasteiger partial charge in [-0.25, -0.2) is 8.42 Å². The lowest BCUT2D eigenvalue weighted by atomic mass is 9.89. The molecule has 0 unspecified atom stereocenters. The predicted octanol–water partition coefficient (Wildman–Crippen LogP) is 5.64. The van der Waals surface area contributed by atoms with E-state index in [2.05, 4.69) is 23.5 Å². The molecule has 0 fully saturated rings. The smallest absolute Gasteiger partial charge is 0.251 e. The van der Waals surface area contributed by atoms with Crippen molar-refractivity contribution in [2.24, 2.45) is 0 Å². The molecule has 1 aliphatic rings. The summed E-state index contributed by atoms with van der Waals surface area (Å²) in [5, 5.41) is 3.10. The zero-order valence-corrected chi connectivity index (χ0v) is 21.8. The fourth-order valence-corrected chi connectivity index (χ4v) is 5.62. The van der Waals surface area contributed by atoms with E-state index in [9.17, 15) is 13.2 Å². The number of aryl methyl sites for hydroxylation is 4. The van der Waals surface area contributed by atoms with Crippen molar-refractivity contribution < 1.29 is 13.2 Å². The average Bonchev–Trinajstić information content (AvgIpc) is 2.83. The van der Waals surface area contributed by atoms with Crippen LogP contribution in [0.2, 0.25) is 0 Å². The highest BCUT2D eigenvalue weighted by Gasteiger charge is 2.20. The maximum absolute atomic E-state index is 12.9. The molecule has 0 heterocycles. The maximum atomic E-state index is 12.9. The average molecular weight is 491 g/mol. The van der Waals surface area contributed by atoms with E-state index in [1.54, 1.807) is 12.1 Å². The molecule has 1 aliphatic carbocycles. The number of nitrogens with one attached hydrogen (secondary N) is 1. The number of hydrogen-bond acceptors (Lipinski definition) is 3. The summed E-state index contributed by atoms with van der Waals surface area (Å²) in [7, 11) is -3.48. The van der Waals surface area contributed by atoms with Crippen LogP contribution in [0, 0.1) is 13.8 Å².